The molecule has 0 atom stereocenters. The number of carbonyl (C=O) groups is 1. The summed E-state index contributed by atoms with van der Waals surface area (Å²) in [5.74, 6) is 1.10. The van der Waals surface area contributed by atoms with Crippen molar-refractivity contribution in [1.82, 2.24) is 15.5 Å². The Hall–Kier alpha value is -2.82. The summed E-state index contributed by atoms with van der Waals surface area (Å²) in [4.78, 5) is 18.5. The second-order valence-electron chi connectivity index (χ2n) is 7.10. The molecule has 0 aliphatic carbocycles. The summed E-state index contributed by atoms with van der Waals surface area (Å²) >= 11 is 0. The summed E-state index contributed by atoms with van der Waals surface area (Å²) in [6.07, 6.45) is 2.62. The van der Waals surface area contributed by atoms with Crippen LogP contribution in [-0.2, 0) is 24.3 Å². The number of hydrogen-bond donors (Lipinski definition) is 2. The van der Waals surface area contributed by atoms with Gasteiger partial charge in [0, 0.05) is 32.6 Å². The van der Waals surface area contributed by atoms with Gasteiger partial charge in [0.25, 0.3) is 0 Å². The molecule has 0 radical (unpaired) electrons. The molecule has 0 spiro atoms. The molecule has 5 heteroatoms. The van der Waals surface area contributed by atoms with Gasteiger partial charge in [-0.1, -0.05) is 54.6 Å². The smallest absolute Gasteiger partial charge is 0.222 e. The summed E-state index contributed by atoms with van der Waals surface area (Å²) in [5, 5.41) is 6.71. The van der Waals surface area contributed by atoms with Crippen LogP contribution in [-0.4, -0.2) is 36.4 Å². The third-order valence-electron chi connectivity index (χ3n) is 4.85. The monoisotopic (exact) mass is 378 g/mol. The number of guanidine groups is 1. The summed E-state index contributed by atoms with van der Waals surface area (Å²) < 4.78 is 0. The van der Waals surface area contributed by atoms with E-state index < -0.39 is 0 Å². The normalized spacial score (nSPS) is 14.4. The molecule has 1 aliphatic rings. The number of nitrogens with zero attached hydrogens (tertiary/aromatic N) is 2. The minimum Gasteiger partial charge on any atom is -0.357 e. The molecule has 1 aliphatic heterocycles. The molecule has 0 saturated carbocycles. The van der Waals surface area contributed by atoms with Gasteiger partial charge in [0.1, 0.15) is 0 Å². The molecule has 1 fully saturated rings. The van der Waals surface area contributed by atoms with Crippen molar-refractivity contribution in [2.24, 2.45) is 4.99 Å². The fourth-order valence-corrected chi connectivity index (χ4v) is 3.40. The molecular formula is C23H30N4O. The van der Waals surface area contributed by atoms with Crippen LogP contribution in [0.3, 0.4) is 0 Å². The predicted molar refractivity (Wildman–Crippen MR) is 114 cm³/mol. The SMILES string of the molecule is CCNC(=NCc1cccc(CN2CCCC2=O)c1)NCCc1ccccc1. The van der Waals surface area contributed by atoms with Crippen molar-refractivity contribution in [3.63, 3.8) is 0 Å². The number of rotatable bonds is 8. The summed E-state index contributed by atoms with van der Waals surface area (Å²) in [5.41, 5.74) is 3.64. The molecule has 2 N–H and O–H groups in total. The Labute approximate surface area is 167 Å². The second kappa shape index (κ2) is 10.5. The summed E-state index contributed by atoms with van der Waals surface area (Å²) in [6, 6.07) is 18.8. The van der Waals surface area contributed by atoms with Crippen molar-refractivity contribution in [2.75, 3.05) is 19.6 Å². The van der Waals surface area contributed by atoms with Crippen LogP contribution < -0.4 is 10.6 Å². The summed E-state index contributed by atoms with van der Waals surface area (Å²) in [7, 11) is 0. The molecule has 0 bridgehead atoms. The molecule has 2 aromatic rings. The highest BCUT2D eigenvalue weighted by molar-refractivity contribution is 5.79. The van der Waals surface area contributed by atoms with Gasteiger partial charge in [0.15, 0.2) is 5.96 Å². The number of likely N-dealkylation sites (tertiary alicyclic amines) is 1. The first-order valence-electron chi connectivity index (χ1n) is 10.2. The standard InChI is InChI=1S/C23H30N4O/c1-2-24-23(25-14-13-19-8-4-3-5-9-19)26-17-20-10-6-11-21(16-20)18-27-15-7-12-22(27)28/h3-6,8-11,16H,2,7,12-15,17-18H2,1H3,(H2,24,25,26). The fourth-order valence-electron chi connectivity index (χ4n) is 3.40. The molecule has 1 saturated heterocycles. The Bertz CT molecular complexity index is 788. The number of benzene rings is 2. The van der Waals surface area contributed by atoms with Gasteiger partial charge in [-0.05, 0) is 36.5 Å². The lowest BCUT2D eigenvalue weighted by molar-refractivity contribution is -0.128. The van der Waals surface area contributed by atoms with E-state index in [1.165, 1.54) is 11.1 Å². The van der Waals surface area contributed by atoms with Gasteiger partial charge in [-0.15, -0.1) is 0 Å². The van der Waals surface area contributed by atoms with Gasteiger partial charge < -0.3 is 15.5 Å². The zero-order valence-corrected chi connectivity index (χ0v) is 16.7. The fraction of sp³-hybridized carbons (Fsp3) is 0.391. The van der Waals surface area contributed by atoms with Crippen LogP contribution >= 0.6 is 0 Å². The number of aliphatic imine (C=N–C) groups is 1. The van der Waals surface area contributed by atoms with Crippen LogP contribution in [0.2, 0.25) is 0 Å². The maximum Gasteiger partial charge on any atom is 0.222 e. The third kappa shape index (κ3) is 6.12. The second-order valence-corrected chi connectivity index (χ2v) is 7.10. The van der Waals surface area contributed by atoms with Crippen LogP contribution in [0.5, 0.6) is 0 Å². The van der Waals surface area contributed by atoms with Crippen molar-refractivity contribution in [3.05, 3.63) is 71.3 Å². The maximum atomic E-state index is 11.8. The van der Waals surface area contributed by atoms with Gasteiger partial charge in [0.2, 0.25) is 5.91 Å². The maximum absolute atomic E-state index is 11.8. The highest BCUT2D eigenvalue weighted by atomic mass is 16.2. The Kier molecular flexibility index (Phi) is 7.47. The van der Waals surface area contributed by atoms with E-state index >= 15 is 0 Å². The molecular weight excluding hydrogens is 348 g/mol. The minimum absolute atomic E-state index is 0.264. The van der Waals surface area contributed by atoms with Crippen LogP contribution in [0.4, 0.5) is 0 Å². The van der Waals surface area contributed by atoms with Crippen molar-refractivity contribution >= 4 is 11.9 Å². The molecule has 1 amide bonds. The van der Waals surface area contributed by atoms with Crippen LogP contribution in [0.15, 0.2) is 59.6 Å². The van der Waals surface area contributed by atoms with E-state index in [-0.39, 0.29) is 5.91 Å². The van der Waals surface area contributed by atoms with Gasteiger partial charge in [-0.3, -0.25) is 4.79 Å². The van der Waals surface area contributed by atoms with E-state index in [1.807, 2.05) is 11.0 Å². The third-order valence-corrected chi connectivity index (χ3v) is 4.85. The Morgan fingerprint density at radius 2 is 1.82 bits per heavy atom. The molecule has 3 rings (SSSR count). The minimum atomic E-state index is 0.264. The van der Waals surface area contributed by atoms with E-state index in [0.29, 0.717) is 19.5 Å². The molecule has 0 aromatic heterocycles. The topological polar surface area (TPSA) is 56.7 Å². The summed E-state index contributed by atoms with van der Waals surface area (Å²) in [6.45, 7) is 5.93. The van der Waals surface area contributed by atoms with Crippen LogP contribution in [0.1, 0.15) is 36.5 Å². The van der Waals surface area contributed by atoms with Crippen LogP contribution in [0.25, 0.3) is 0 Å². The van der Waals surface area contributed by atoms with Gasteiger partial charge in [-0.2, -0.15) is 0 Å². The molecule has 1 heterocycles. The van der Waals surface area contributed by atoms with Crippen molar-refractivity contribution in [2.45, 2.75) is 39.3 Å². The number of nitrogens with one attached hydrogen (secondary N) is 2. The van der Waals surface area contributed by atoms with Gasteiger partial charge in [-0.25, -0.2) is 4.99 Å². The van der Waals surface area contributed by atoms with Crippen molar-refractivity contribution < 1.29 is 4.79 Å². The number of amides is 1. The first-order chi connectivity index (χ1) is 13.7. The van der Waals surface area contributed by atoms with Crippen molar-refractivity contribution in [3.8, 4) is 0 Å². The highest BCUT2D eigenvalue weighted by Gasteiger charge is 2.19. The van der Waals surface area contributed by atoms with E-state index in [2.05, 4.69) is 66.1 Å². The average molecular weight is 379 g/mol. The van der Waals surface area contributed by atoms with Crippen LogP contribution in [0, 0.1) is 0 Å². The largest absolute Gasteiger partial charge is 0.357 e. The average Bonchev–Trinajstić information content (AvgIpc) is 3.12. The molecule has 0 unspecified atom stereocenters. The number of carbonyl (C=O) groups excluding carboxylic acids is 1. The lowest BCUT2D eigenvalue weighted by Gasteiger charge is -2.16. The highest BCUT2D eigenvalue weighted by Crippen LogP contribution is 2.15. The van der Waals surface area contributed by atoms with E-state index in [0.717, 1.165) is 44.0 Å². The van der Waals surface area contributed by atoms with E-state index in [9.17, 15) is 4.79 Å². The Balaban J connectivity index is 1.54. The zero-order chi connectivity index (χ0) is 19.6. The predicted octanol–water partition coefficient (Wildman–Crippen LogP) is 3.11. The lowest BCUT2D eigenvalue weighted by Crippen LogP contribution is -2.38. The zero-order valence-electron chi connectivity index (χ0n) is 16.7. The Morgan fingerprint density at radius 3 is 2.57 bits per heavy atom. The quantitative estimate of drug-likeness (QED) is 0.548. The molecule has 2 aromatic carbocycles. The lowest BCUT2D eigenvalue weighted by atomic mass is 10.1. The van der Waals surface area contributed by atoms with Crippen molar-refractivity contribution in [1.29, 1.82) is 0 Å². The van der Waals surface area contributed by atoms with Gasteiger partial charge in [0.05, 0.1) is 6.54 Å². The molecule has 148 valence electrons. The number of hydrogen-bond acceptors (Lipinski definition) is 2. The first-order valence-corrected chi connectivity index (χ1v) is 10.2. The molecule has 28 heavy (non-hydrogen) atoms. The Morgan fingerprint density at radius 1 is 1.04 bits per heavy atom. The first kappa shape index (κ1) is 19.9. The van der Waals surface area contributed by atoms with E-state index in [1.54, 1.807) is 0 Å². The van der Waals surface area contributed by atoms with Gasteiger partial charge >= 0.3 is 0 Å². The van der Waals surface area contributed by atoms with E-state index in [4.69, 9.17) is 4.99 Å². The molecule has 5 nitrogen and oxygen atoms in total.